The fourth-order valence-electron chi connectivity index (χ4n) is 2.50. The van der Waals surface area contributed by atoms with Crippen molar-refractivity contribution in [2.45, 2.75) is 16.7 Å². The molecule has 1 heterocycles. The second kappa shape index (κ2) is 7.33. The van der Waals surface area contributed by atoms with Crippen LogP contribution in [0, 0.1) is 0 Å². The second-order valence-electron chi connectivity index (χ2n) is 5.23. The van der Waals surface area contributed by atoms with Gasteiger partial charge in [-0.15, -0.1) is 11.8 Å². The van der Waals surface area contributed by atoms with Crippen molar-refractivity contribution in [3.8, 4) is 5.75 Å². The maximum atomic E-state index is 12.9. The average molecular weight is 374 g/mol. The first kappa shape index (κ1) is 17.6. The summed E-state index contributed by atoms with van der Waals surface area (Å²) in [4.78, 5) is 5.53. The molecular formula is C18H18N2O3S2. The first-order chi connectivity index (χ1) is 12.0. The van der Waals surface area contributed by atoms with Gasteiger partial charge in [-0.2, -0.15) is 0 Å². The number of nitrogens with zero attached hydrogens (tertiary/aromatic N) is 1. The van der Waals surface area contributed by atoms with Crippen LogP contribution in [0.1, 0.15) is 6.92 Å². The van der Waals surface area contributed by atoms with Gasteiger partial charge in [0.2, 0.25) is 0 Å². The molecule has 0 spiro atoms. The van der Waals surface area contributed by atoms with Crippen LogP contribution < -0.4 is 9.46 Å². The number of sulfonamides is 1. The molecule has 3 aromatic rings. The van der Waals surface area contributed by atoms with Gasteiger partial charge in [-0.1, -0.05) is 0 Å². The Bertz CT molecular complexity index is 987. The van der Waals surface area contributed by atoms with Crippen LogP contribution in [-0.4, -0.2) is 26.3 Å². The minimum Gasteiger partial charge on any atom is -0.492 e. The summed E-state index contributed by atoms with van der Waals surface area (Å²) < 4.78 is 33.9. The Hall–Kier alpha value is -2.25. The average Bonchev–Trinajstić information content (AvgIpc) is 2.62. The number of pyridine rings is 1. The van der Waals surface area contributed by atoms with E-state index in [0.717, 1.165) is 4.90 Å². The Balaban J connectivity index is 2.03. The predicted octanol–water partition coefficient (Wildman–Crippen LogP) is 4.16. The lowest BCUT2D eigenvalue weighted by atomic mass is 10.2. The van der Waals surface area contributed by atoms with Crippen LogP contribution in [0.3, 0.4) is 0 Å². The summed E-state index contributed by atoms with van der Waals surface area (Å²) in [6.07, 6.45) is 3.59. The Morgan fingerprint density at radius 2 is 1.88 bits per heavy atom. The van der Waals surface area contributed by atoms with E-state index in [1.54, 1.807) is 54.4 Å². The molecule has 0 saturated heterocycles. The number of nitrogens with one attached hydrogen (secondary N) is 1. The molecule has 0 saturated carbocycles. The normalized spacial score (nSPS) is 11.4. The Morgan fingerprint density at radius 3 is 2.56 bits per heavy atom. The van der Waals surface area contributed by atoms with E-state index in [9.17, 15) is 8.42 Å². The molecule has 0 fully saturated rings. The molecule has 1 aromatic heterocycles. The van der Waals surface area contributed by atoms with Gasteiger partial charge >= 0.3 is 0 Å². The first-order valence-electron chi connectivity index (χ1n) is 7.72. The third-order valence-corrected chi connectivity index (χ3v) is 5.81. The topological polar surface area (TPSA) is 68.3 Å². The van der Waals surface area contributed by atoms with Gasteiger partial charge in [0.1, 0.15) is 11.3 Å². The molecule has 2 aromatic carbocycles. The fourth-order valence-corrected chi connectivity index (χ4v) is 4.16. The van der Waals surface area contributed by atoms with Crippen molar-refractivity contribution < 1.29 is 13.2 Å². The molecular weight excluding hydrogens is 356 g/mol. The third-order valence-electron chi connectivity index (χ3n) is 3.62. The summed E-state index contributed by atoms with van der Waals surface area (Å²) in [5, 5.41) is 0.529. The highest BCUT2D eigenvalue weighted by atomic mass is 32.2. The van der Waals surface area contributed by atoms with Crippen molar-refractivity contribution >= 4 is 38.4 Å². The molecule has 1 N–H and O–H groups in total. The van der Waals surface area contributed by atoms with Crippen molar-refractivity contribution in [2.75, 3.05) is 17.6 Å². The van der Waals surface area contributed by atoms with E-state index < -0.39 is 10.0 Å². The van der Waals surface area contributed by atoms with E-state index in [2.05, 4.69) is 9.71 Å². The molecule has 5 nitrogen and oxygen atoms in total. The number of fused-ring (bicyclic) bond motifs is 1. The largest absolute Gasteiger partial charge is 0.492 e. The monoisotopic (exact) mass is 374 g/mol. The zero-order chi connectivity index (χ0) is 17.9. The van der Waals surface area contributed by atoms with Gasteiger partial charge < -0.3 is 4.74 Å². The van der Waals surface area contributed by atoms with Crippen molar-refractivity contribution in [2.24, 2.45) is 0 Å². The summed E-state index contributed by atoms with van der Waals surface area (Å²) in [6.45, 7) is 2.36. The first-order valence-corrected chi connectivity index (χ1v) is 10.4. The van der Waals surface area contributed by atoms with Crippen LogP contribution in [0.4, 0.5) is 5.69 Å². The molecule has 0 radical (unpaired) electrons. The van der Waals surface area contributed by atoms with E-state index in [0.29, 0.717) is 28.9 Å². The quantitative estimate of drug-likeness (QED) is 0.656. The number of rotatable bonds is 6. The summed E-state index contributed by atoms with van der Waals surface area (Å²) in [7, 11) is -3.74. The molecule has 3 rings (SSSR count). The zero-order valence-electron chi connectivity index (χ0n) is 13.9. The van der Waals surface area contributed by atoms with Crippen molar-refractivity contribution in [1.82, 2.24) is 4.98 Å². The maximum Gasteiger partial charge on any atom is 0.262 e. The van der Waals surface area contributed by atoms with E-state index in [1.807, 2.05) is 25.3 Å². The second-order valence-corrected chi connectivity index (χ2v) is 7.76. The number of hydrogen-bond acceptors (Lipinski definition) is 5. The summed E-state index contributed by atoms with van der Waals surface area (Å²) in [5.41, 5.74) is 1.05. The highest BCUT2D eigenvalue weighted by Crippen LogP contribution is 2.30. The van der Waals surface area contributed by atoms with Gasteiger partial charge in [0, 0.05) is 22.2 Å². The molecule has 0 atom stereocenters. The van der Waals surface area contributed by atoms with Crippen LogP contribution in [0.15, 0.2) is 64.5 Å². The molecule has 25 heavy (non-hydrogen) atoms. The highest BCUT2D eigenvalue weighted by Gasteiger charge is 2.20. The molecule has 130 valence electrons. The molecule has 0 bridgehead atoms. The molecule has 7 heteroatoms. The molecule has 0 aliphatic rings. The fraction of sp³-hybridized carbons (Fsp3) is 0.167. The van der Waals surface area contributed by atoms with E-state index in [-0.39, 0.29) is 4.90 Å². The van der Waals surface area contributed by atoms with Crippen LogP contribution in [0.2, 0.25) is 0 Å². The number of benzene rings is 2. The van der Waals surface area contributed by atoms with E-state index in [1.165, 1.54) is 0 Å². The van der Waals surface area contributed by atoms with Gasteiger partial charge in [0.15, 0.2) is 0 Å². The van der Waals surface area contributed by atoms with Crippen molar-refractivity contribution in [3.63, 3.8) is 0 Å². The smallest absolute Gasteiger partial charge is 0.262 e. The van der Waals surface area contributed by atoms with E-state index >= 15 is 0 Å². The van der Waals surface area contributed by atoms with Gasteiger partial charge in [-0.3, -0.25) is 9.71 Å². The van der Waals surface area contributed by atoms with Crippen LogP contribution in [0.25, 0.3) is 10.9 Å². The van der Waals surface area contributed by atoms with Crippen molar-refractivity contribution in [3.05, 3.63) is 54.7 Å². The number of hydrogen-bond donors (Lipinski definition) is 1. The minimum absolute atomic E-state index is 0.174. The Morgan fingerprint density at radius 1 is 1.12 bits per heavy atom. The van der Waals surface area contributed by atoms with Crippen molar-refractivity contribution in [1.29, 1.82) is 0 Å². The highest BCUT2D eigenvalue weighted by molar-refractivity contribution is 7.98. The minimum atomic E-state index is -3.74. The number of anilines is 1. The van der Waals surface area contributed by atoms with Crippen LogP contribution in [0.5, 0.6) is 5.75 Å². The number of aromatic nitrogens is 1. The Labute approximate surface area is 151 Å². The maximum absolute atomic E-state index is 12.9. The standard InChI is InChI=1S/C18H18N2O3S2/c1-3-23-16-10-11-17(15-5-4-12-19-18(15)16)25(21,22)20-13-6-8-14(24-2)9-7-13/h4-12,20H,3H2,1-2H3. The van der Waals surface area contributed by atoms with Gasteiger partial charge in [-0.25, -0.2) is 8.42 Å². The number of thioether (sulfide) groups is 1. The Kier molecular flexibility index (Phi) is 5.15. The SMILES string of the molecule is CCOc1ccc(S(=O)(=O)Nc2ccc(SC)cc2)c2cccnc12. The molecule has 0 amide bonds. The zero-order valence-corrected chi connectivity index (χ0v) is 15.5. The molecule has 0 unspecified atom stereocenters. The van der Waals surface area contributed by atoms with Crippen LogP contribution >= 0.6 is 11.8 Å². The molecule has 0 aliphatic heterocycles. The lowest BCUT2D eigenvalue weighted by molar-refractivity contribution is 0.343. The summed E-state index contributed by atoms with van der Waals surface area (Å²) in [6, 6.07) is 13.9. The predicted molar refractivity (Wildman–Crippen MR) is 102 cm³/mol. The van der Waals surface area contributed by atoms with Gasteiger partial charge in [-0.05, 0) is 61.7 Å². The lowest BCUT2D eigenvalue weighted by Crippen LogP contribution is -2.13. The third kappa shape index (κ3) is 3.72. The number of ether oxygens (including phenoxy) is 1. The summed E-state index contributed by atoms with van der Waals surface area (Å²) in [5.74, 6) is 0.571. The molecule has 0 aliphatic carbocycles. The van der Waals surface area contributed by atoms with Crippen LogP contribution in [-0.2, 0) is 10.0 Å². The van der Waals surface area contributed by atoms with Gasteiger partial charge in [0.25, 0.3) is 10.0 Å². The van der Waals surface area contributed by atoms with E-state index in [4.69, 9.17) is 4.74 Å². The lowest BCUT2D eigenvalue weighted by Gasteiger charge is -2.13. The summed E-state index contributed by atoms with van der Waals surface area (Å²) >= 11 is 1.60. The van der Waals surface area contributed by atoms with Gasteiger partial charge in [0.05, 0.1) is 11.5 Å².